The highest BCUT2D eigenvalue weighted by Crippen LogP contribution is 2.22. The molecule has 1 N–H and O–H groups in total. The molecular weight excluding hydrogens is 310 g/mol. The minimum Gasteiger partial charge on any atom is -0.484 e. The highest BCUT2D eigenvalue weighted by atomic mass is 32.1. The molecule has 0 aliphatic carbocycles. The van der Waals surface area contributed by atoms with E-state index >= 15 is 0 Å². The number of anilines is 1. The normalized spacial score (nSPS) is 10.9. The number of fused-ring (bicyclic) bond motifs is 1. The van der Waals surface area contributed by atoms with E-state index in [1.165, 1.54) is 5.56 Å². The van der Waals surface area contributed by atoms with Gasteiger partial charge in [0.2, 0.25) is 0 Å². The van der Waals surface area contributed by atoms with E-state index in [1.807, 2.05) is 36.4 Å². The summed E-state index contributed by atoms with van der Waals surface area (Å²) in [6.45, 7) is 4.19. The molecule has 0 saturated carbocycles. The van der Waals surface area contributed by atoms with Crippen LogP contribution in [0.25, 0.3) is 11.0 Å². The second-order valence-corrected chi connectivity index (χ2v) is 6.03. The lowest BCUT2D eigenvalue weighted by Crippen LogP contribution is -2.20. The van der Waals surface area contributed by atoms with Crippen molar-refractivity contribution in [3.05, 3.63) is 48.0 Å². The Bertz CT molecular complexity index is 829. The Labute approximate surface area is 138 Å². The summed E-state index contributed by atoms with van der Waals surface area (Å²) < 4.78 is 13.9. The van der Waals surface area contributed by atoms with Crippen LogP contribution in [0.5, 0.6) is 5.75 Å². The van der Waals surface area contributed by atoms with Crippen LogP contribution in [0.15, 0.2) is 42.5 Å². The van der Waals surface area contributed by atoms with E-state index in [1.54, 1.807) is 6.07 Å². The summed E-state index contributed by atoms with van der Waals surface area (Å²) >= 11 is 1.13. The van der Waals surface area contributed by atoms with Gasteiger partial charge in [0, 0.05) is 0 Å². The van der Waals surface area contributed by atoms with Crippen LogP contribution in [0.1, 0.15) is 25.3 Å². The third-order valence-corrected chi connectivity index (χ3v) is 4.00. The number of amides is 1. The molecule has 0 unspecified atom stereocenters. The summed E-state index contributed by atoms with van der Waals surface area (Å²) in [5, 5.41) is 2.82. The Morgan fingerprint density at radius 3 is 2.87 bits per heavy atom. The van der Waals surface area contributed by atoms with E-state index in [2.05, 4.69) is 27.9 Å². The first-order valence-corrected chi connectivity index (χ1v) is 8.10. The zero-order chi connectivity index (χ0) is 16.2. The third kappa shape index (κ3) is 3.65. The zero-order valence-electron chi connectivity index (χ0n) is 12.9. The summed E-state index contributed by atoms with van der Waals surface area (Å²) in [5.74, 6) is 0.891. The second kappa shape index (κ2) is 6.75. The standard InChI is InChI=1S/C17H17N3O2S/c1-11(2)12-5-3-6-13(9-12)22-10-16(21)18-14-7-4-8-15-17(14)20-23-19-15/h3-9,11H,10H2,1-2H3,(H,18,21). The molecule has 0 spiro atoms. The lowest BCUT2D eigenvalue weighted by Gasteiger charge is -2.10. The minimum atomic E-state index is -0.222. The van der Waals surface area contributed by atoms with E-state index < -0.39 is 0 Å². The molecule has 1 heterocycles. The zero-order valence-corrected chi connectivity index (χ0v) is 13.8. The van der Waals surface area contributed by atoms with E-state index in [4.69, 9.17) is 4.74 Å². The predicted molar refractivity (Wildman–Crippen MR) is 92.1 cm³/mol. The molecule has 1 aromatic heterocycles. The van der Waals surface area contributed by atoms with Gasteiger partial charge in [0.15, 0.2) is 6.61 Å². The van der Waals surface area contributed by atoms with Crippen molar-refractivity contribution in [2.24, 2.45) is 0 Å². The molecule has 118 valence electrons. The van der Waals surface area contributed by atoms with Crippen LogP contribution in [0.3, 0.4) is 0 Å². The van der Waals surface area contributed by atoms with Crippen LogP contribution in [0, 0.1) is 0 Å². The first-order chi connectivity index (χ1) is 11.1. The average Bonchev–Trinajstić information content (AvgIpc) is 3.03. The second-order valence-electron chi connectivity index (χ2n) is 5.50. The number of aromatic nitrogens is 2. The fourth-order valence-electron chi connectivity index (χ4n) is 2.21. The maximum atomic E-state index is 12.1. The molecule has 0 saturated heterocycles. The van der Waals surface area contributed by atoms with Gasteiger partial charge < -0.3 is 10.1 Å². The van der Waals surface area contributed by atoms with Gasteiger partial charge in [-0.25, -0.2) is 0 Å². The quantitative estimate of drug-likeness (QED) is 0.773. The van der Waals surface area contributed by atoms with E-state index in [0.29, 0.717) is 22.9 Å². The molecule has 0 atom stereocenters. The van der Waals surface area contributed by atoms with E-state index in [0.717, 1.165) is 17.2 Å². The average molecular weight is 327 g/mol. The highest BCUT2D eigenvalue weighted by molar-refractivity contribution is 7.00. The van der Waals surface area contributed by atoms with Gasteiger partial charge in [-0.3, -0.25) is 4.79 Å². The number of carbonyl (C=O) groups excluding carboxylic acids is 1. The van der Waals surface area contributed by atoms with Crippen molar-refractivity contribution in [1.82, 2.24) is 8.75 Å². The lowest BCUT2D eigenvalue weighted by molar-refractivity contribution is -0.118. The number of ether oxygens (including phenoxy) is 1. The van der Waals surface area contributed by atoms with Crippen molar-refractivity contribution in [3.63, 3.8) is 0 Å². The number of nitrogens with one attached hydrogen (secondary N) is 1. The molecule has 3 aromatic rings. The highest BCUT2D eigenvalue weighted by Gasteiger charge is 2.09. The Balaban J connectivity index is 1.64. The van der Waals surface area contributed by atoms with Crippen molar-refractivity contribution in [1.29, 1.82) is 0 Å². The van der Waals surface area contributed by atoms with Crippen molar-refractivity contribution in [2.75, 3.05) is 11.9 Å². The summed E-state index contributed by atoms with van der Waals surface area (Å²) in [5.41, 5.74) is 3.31. The maximum Gasteiger partial charge on any atom is 0.262 e. The molecule has 0 radical (unpaired) electrons. The van der Waals surface area contributed by atoms with Crippen LogP contribution in [-0.2, 0) is 4.79 Å². The Hall–Kier alpha value is -2.47. The summed E-state index contributed by atoms with van der Waals surface area (Å²) in [6.07, 6.45) is 0. The number of rotatable bonds is 5. The van der Waals surface area contributed by atoms with Gasteiger partial charge in [-0.05, 0) is 35.7 Å². The molecule has 5 nitrogen and oxygen atoms in total. The fraction of sp³-hybridized carbons (Fsp3) is 0.235. The number of benzene rings is 2. The molecule has 0 fully saturated rings. The summed E-state index contributed by atoms with van der Waals surface area (Å²) in [4.78, 5) is 12.1. The van der Waals surface area contributed by atoms with Crippen molar-refractivity contribution >= 4 is 34.4 Å². The van der Waals surface area contributed by atoms with Gasteiger partial charge >= 0.3 is 0 Å². The Morgan fingerprint density at radius 1 is 1.22 bits per heavy atom. The molecule has 6 heteroatoms. The fourth-order valence-corrected chi connectivity index (χ4v) is 2.76. The van der Waals surface area contributed by atoms with Crippen LogP contribution in [0.4, 0.5) is 5.69 Å². The maximum absolute atomic E-state index is 12.1. The third-order valence-electron chi connectivity index (χ3n) is 3.45. The molecule has 23 heavy (non-hydrogen) atoms. The van der Waals surface area contributed by atoms with Gasteiger partial charge in [-0.15, -0.1) is 0 Å². The molecular formula is C17H17N3O2S. The van der Waals surface area contributed by atoms with Crippen LogP contribution >= 0.6 is 11.7 Å². The first kappa shape index (κ1) is 15.4. The molecule has 2 aromatic carbocycles. The van der Waals surface area contributed by atoms with Crippen molar-refractivity contribution < 1.29 is 9.53 Å². The SMILES string of the molecule is CC(C)c1cccc(OCC(=O)Nc2cccc3nsnc23)c1. The minimum absolute atomic E-state index is 0.0461. The Morgan fingerprint density at radius 2 is 2.04 bits per heavy atom. The first-order valence-electron chi connectivity index (χ1n) is 7.37. The molecule has 0 bridgehead atoms. The van der Waals surface area contributed by atoms with Crippen LogP contribution < -0.4 is 10.1 Å². The molecule has 1 amide bonds. The van der Waals surface area contributed by atoms with Crippen LogP contribution in [-0.4, -0.2) is 21.3 Å². The smallest absolute Gasteiger partial charge is 0.262 e. The van der Waals surface area contributed by atoms with Gasteiger partial charge in [0.25, 0.3) is 5.91 Å². The number of carbonyl (C=O) groups is 1. The van der Waals surface area contributed by atoms with Gasteiger partial charge in [-0.1, -0.05) is 32.0 Å². The van der Waals surface area contributed by atoms with Crippen molar-refractivity contribution in [2.45, 2.75) is 19.8 Å². The van der Waals surface area contributed by atoms with Crippen LogP contribution in [0.2, 0.25) is 0 Å². The summed E-state index contributed by atoms with van der Waals surface area (Å²) in [6, 6.07) is 13.3. The summed E-state index contributed by atoms with van der Waals surface area (Å²) in [7, 11) is 0. The van der Waals surface area contributed by atoms with E-state index in [-0.39, 0.29) is 12.5 Å². The molecule has 0 aliphatic heterocycles. The van der Waals surface area contributed by atoms with Gasteiger partial charge in [0.05, 0.1) is 17.4 Å². The molecule has 3 rings (SSSR count). The van der Waals surface area contributed by atoms with Gasteiger partial charge in [-0.2, -0.15) is 8.75 Å². The Kier molecular flexibility index (Phi) is 4.52. The number of nitrogens with zero attached hydrogens (tertiary/aromatic N) is 2. The number of hydrogen-bond donors (Lipinski definition) is 1. The molecule has 0 aliphatic rings. The van der Waals surface area contributed by atoms with E-state index in [9.17, 15) is 4.79 Å². The largest absolute Gasteiger partial charge is 0.484 e. The van der Waals surface area contributed by atoms with Crippen molar-refractivity contribution in [3.8, 4) is 5.75 Å². The predicted octanol–water partition coefficient (Wildman–Crippen LogP) is 3.83. The number of hydrogen-bond acceptors (Lipinski definition) is 5. The monoisotopic (exact) mass is 327 g/mol. The lowest BCUT2D eigenvalue weighted by atomic mass is 10.0. The topological polar surface area (TPSA) is 64.1 Å². The van der Waals surface area contributed by atoms with Gasteiger partial charge in [0.1, 0.15) is 16.8 Å².